The predicted octanol–water partition coefficient (Wildman–Crippen LogP) is 5.66. The van der Waals surface area contributed by atoms with Gasteiger partial charge in [-0.2, -0.15) is 5.26 Å². The second-order valence-electron chi connectivity index (χ2n) is 8.55. The van der Waals surface area contributed by atoms with Gasteiger partial charge in [0, 0.05) is 10.9 Å². The second kappa shape index (κ2) is 8.29. The molecule has 1 aliphatic rings. The topological polar surface area (TPSA) is 111 Å². The molecule has 0 aliphatic carbocycles. The third-order valence-corrected chi connectivity index (χ3v) is 6.21. The summed E-state index contributed by atoms with van der Waals surface area (Å²) in [5, 5.41) is 11.5. The average Bonchev–Trinajstić information content (AvgIpc) is 2.89. The van der Waals surface area contributed by atoms with E-state index in [9.17, 15) is 10.1 Å². The normalized spacial score (nSPS) is 14.8. The highest BCUT2D eigenvalue weighted by Crippen LogP contribution is 2.46. The number of rotatable bonds is 3. The van der Waals surface area contributed by atoms with Gasteiger partial charge in [-0.05, 0) is 43.3 Å². The van der Waals surface area contributed by atoms with Gasteiger partial charge in [-0.15, -0.1) is 0 Å². The van der Waals surface area contributed by atoms with Crippen molar-refractivity contribution in [3.63, 3.8) is 0 Å². The Kier molecular flexibility index (Phi) is 4.94. The summed E-state index contributed by atoms with van der Waals surface area (Å²) in [6, 6.07) is 26.2. The molecule has 5 aromatic rings. The lowest BCUT2D eigenvalue weighted by molar-refractivity contribution is 0.385. The number of fused-ring (bicyclic) bond motifs is 4. The first-order valence-electron chi connectivity index (χ1n) is 11.3. The number of ether oxygens (including phenoxy) is 2. The maximum atomic E-state index is 13.4. The lowest BCUT2D eigenvalue weighted by atomic mass is 9.83. The van der Waals surface area contributed by atoms with E-state index in [1.807, 2.05) is 67.6 Å². The highest BCUT2D eigenvalue weighted by Gasteiger charge is 2.38. The standard InChI is InChI=1S/C29H19N3O4/c1-16-11-12-23-19(13-16)26-25(29(33)35-23)24(21(15-30)27(31)36-26)20-14-17-7-5-6-10-22(17)32-28(20)34-18-8-3-2-4-9-18/h2-14,24H,31H2,1H3. The van der Waals surface area contributed by atoms with Crippen molar-refractivity contribution in [2.75, 3.05) is 0 Å². The van der Waals surface area contributed by atoms with Gasteiger partial charge < -0.3 is 19.6 Å². The van der Waals surface area contributed by atoms with Crippen molar-refractivity contribution in [1.82, 2.24) is 4.98 Å². The van der Waals surface area contributed by atoms with E-state index in [1.165, 1.54) is 0 Å². The first kappa shape index (κ1) is 21.4. The number of allylic oxidation sites excluding steroid dienone is 1. The molecule has 7 nitrogen and oxygen atoms in total. The summed E-state index contributed by atoms with van der Waals surface area (Å²) >= 11 is 0. The van der Waals surface area contributed by atoms with Gasteiger partial charge in [0.05, 0.1) is 22.4 Å². The van der Waals surface area contributed by atoms with E-state index in [0.717, 1.165) is 10.9 Å². The van der Waals surface area contributed by atoms with Gasteiger partial charge in [0.1, 0.15) is 23.0 Å². The van der Waals surface area contributed by atoms with E-state index in [2.05, 4.69) is 6.07 Å². The minimum absolute atomic E-state index is 0.0804. The largest absolute Gasteiger partial charge is 0.439 e. The number of benzene rings is 3. The number of pyridine rings is 1. The molecule has 2 aromatic heterocycles. The molecular weight excluding hydrogens is 454 g/mol. The first-order valence-corrected chi connectivity index (χ1v) is 11.3. The lowest BCUT2D eigenvalue weighted by Gasteiger charge is -2.27. The summed E-state index contributed by atoms with van der Waals surface area (Å²) < 4.78 is 17.8. The Morgan fingerprint density at radius 3 is 2.61 bits per heavy atom. The Bertz CT molecular complexity index is 1800. The molecule has 0 spiro atoms. The number of nitrogens with two attached hydrogens (primary N) is 1. The van der Waals surface area contributed by atoms with Crippen LogP contribution in [0.1, 0.15) is 22.6 Å². The average molecular weight is 473 g/mol. The highest BCUT2D eigenvalue weighted by atomic mass is 16.5. The van der Waals surface area contributed by atoms with E-state index in [0.29, 0.717) is 27.8 Å². The molecule has 7 heteroatoms. The van der Waals surface area contributed by atoms with Crippen molar-refractivity contribution in [1.29, 1.82) is 5.26 Å². The van der Waals surface area contributed by atoms with Crippen molar-refractivity contribution in [2.24, 2.45) is 5.73 Å². The zero-order valence-electron chi connectivity index (χ0n) is 19.2. The zero-order chi connectivity index (χ0) is 24.8. The van der Waals surface area contributed by atoms with Crippen molar-refractivity contribution in [3.05, 3.63) is 117 Å². The Hall–Kier alpha value is -5.09. The Labute approximate surface area is 205 Å². The first-order chi connectivity index (χ1) is 17.5. The summed E-state index contributed by atoms with van der Waals surface area (Å²) in [5.41, 5.74) is 8.43. The molecule has 0 saturated carbocycles. The maximum Gasteiger partial charge on any atom is 0.344 e. The van der Waals surface area contributed by atoms with Crippen LogP contribution >= 0.6 is 0 Å². The van der Waals surface area contributed by atoms with Gasteiger partial charge >= 0.3 is 5.63 Å². The molecule has 3 aromatic carbocycles. The van der Waals surface area contributed by atoms with Gasteiger partial charge in [0.25, 0.3) is 0 Å². The van der Waals surface area contributed by atoms with Crippen molar-refractivity contribution in [2.45, 2.75) is 12.8 Å². The number of nitriles is 1. The van der Waals surface area contributed by atoms with E-state index in [4.69, 9.17) is 24.6 Å². The third kappa shape index (κ3) is 3.44. The molecule has 0 amide bonds. The van der Waals surface area contributed by atoms with Crippen LogP contribution in [0.25, 0.3) is 21.9 Å². The molecule has 0 bridgehead atoms. The van der Waals surface area contributed by atoms with Crippen LogP contribution in [0.2, 0.25) is 0 Å². The predicted molar refractivity (Wildman–Crippen MR) is 135 cm³/mol. The summed E-state index contributed by atoms with van der Waals surface area (Å²) in [7, 11) is 0. The summed E-state index contributed by atoms with van der Waals surface area (Å²) in [6.07, 6.45) is 0. The summed E-state index contributed by atoms with van der Waals surface area (Å²) in [5.74, 6) is 0.0932. The van der Waals surface area contributed by atoms with Crippen molar-refractivity contribution >= 4 is 21.9 Å². The van der Waals surface area contributed by atoms with E-state index < -0.39 is 11.5 Å². The summed E-state index contributed by atoms with van der Waals surface area (Å²) in [6.45, 7) is 1.93. The Morgan fingerprint density at radius 2 is 1.81 bits per heavy atom. The van der Waals surface area contributed by atoms with E-state index in [1.54, 1.807) is 18.2 Å². The van der Waals surface area contributed by atoms with Crippen LogP contribution in [0.4, 0.5) is 0 Å². The van der Waals surface area contributed by atoms with Crippen LogP contribution in [-0.2, 0) is 0 Å². The second-order valence-corrected chi connectivity index (χ2v) is 8.55. The van der Waals surface area contributed by atoms with Crippen LogP contribution in [0.15, 0.2) is 99.5 Å². The molecule has 0 radical (unpaired) electrons. The monoisotopic (exact) mass is 473 g/mol. The van der Waals surface area contributed by atoms with Crippen LogP contribution in [0, 0.1) is 18.3 Å². The van der Waals surface area contributed by atoms with Gasteiger partial charge in [-0.1, -0.05) is 48.0 Å². The molecule has 0 saturated heterocycles. The molecule has 3 heterocycles. The fraction of sp³-hybridized carbons (Fsp3) is 0.0690. The number of aromatic nitrogens is 1. The lowest BCUT2D eigenvalue weighted by Crippen LogP contribution is -2.26. The van der Waals surface area contributed by atoms with Gasteiger partial charge in [0.15, 0.2) is 5.75 Å². The van der Waals surface area contributed by atoms with Crippen molar-refractivity contribution < 1.29 is 13.9 Å². The number of aryl methyl sites for hydroxylation is 1. The van der Waals surface area contributed by atoms with Crippen LogP contribution < -0.4 is 20.8 Å². The molecule has 0 fully saturated rings. The highest BCUT2D eigenvalue weighted by molar-refractivity contribution is 5.87. The molecule has 2 N–H and O–H groups in total. The fourth-order valence-corrected chi connectivity index (χ4v) is 4.55. The number of hydrogen-bond donors (Lipinski definition) is 1. The molecule has 174 valence electrons. The van der Waals surface area contributed by atoms with Gasteiger partial charge in [-0.3, -0.25) is 0 Å². The van der Waals surface area contributed by atoms with Crippen LogP contribution in [0.5, 0.6) is 17.4 Å². The molecular formula is C29H19N3O4. The van der Waals surface area contributed by atoms with E-state index in [-0.39, 0.29) is 28.6 Å². The van der Waals surface area contributed by atoms with Gasteiger partial charge in [-0.25, -0.2) is 9.78 Å². The molecule has 1 aliphatic heterocycles. The van der Waals surface area contributed by atoms with Crippen molar-refractivity contribution in [3.8, 4) is 23.4 Å². The number of nitrogens with zero attached hydrogens (tertiary/aromatic N) is 2. The molecule has 1 unspecified atom stereocenters. The minimum atomic E-state index is -0.907. The third-order valence-electron chi connectivity index (χ3n) is 6.21. The molecule has 6 rings (SSSR count). The fourth-order valence-electron chi connectivity index (χ4n) is 4.55. The van der Waals surface area contributed by atoms with Crippen LogP contribution in [-0.4, -0.2) is 4.98 Å². The molecule has 36 heavy (non-hydrogen) atoms. The Morgan fingerprint density at radius 1 is 1.03 bits per heavy atom. The SMILES string of the molecule is Cc1ccc2oc(=O)c3c(c2c1)OC(N)=C(C#N)C3c1cc2ccccc2nc1Oc1ccccc1. The van der Waals surface area contributed by atoms with Gasteiger partial charge in [0.2, 0.25) is 11.8 Å². The minimum Gasteiger partial charge on any atom is -0.439 e. The molecule has 1 atom stereocenters. The summed E-state index contributed by atoms with van der Waals surface area (Å²) in [4.78, 5) is 18.1. The van der Waals surface area contributed by atoms with Crippen LogP contribution in [0.3, 0.4) is 0 Å². The number of hydrogen-bond acceptors (Lipinski definition) is 7. The quantitative estimate of drug-likeness (QED) is 0.337. The van der Waals surface area contributed by atoms with E-state index >= 15 is 0 Å². The maximum absolute atomic E-state index is 13.4. The zero-order valence-corrected chi connectivity index (χ0v) is 19.2. The smallest absolute Gasteiger partial charge is 0.344 e. The number of para-hydroxylation sites is 2. The Balaban J connectivity index is 1.68.